The zero-order valence-corrected chi connectivity index (χ0v) is 18.9. The quantitative estimate of drug-likeness (QED) is 0.653. The number of halogens is 1. The Hall–Kier alpha value is -2.37. The molecule has 0 amide bonds. The lowest BCUT2D eigenvalue weighted by Gasteiger charge is -2.36. The molecule has 4 nitrogen and oxygen atoms in total. The average molecular weight is 427 g/mol. The average Bonchev–Trinajstić information content (AvgIpc) is 2.81. The second-order valence-corrected chi connectivity index (χ2v) is 8.16. The second kappa shape index (κ2) is 11.3. The molecule has 0 heterocycles. The molecule has 0 aliphatic heterocycles. The zero-order chi connectivity index (χ0) is 22.9. The number of nitrogens with one attached hydrogen (secondary N) is 1. The van der Waals surface area contributed by atoms with E-state index in [2.05, 4.69) is 5.32 Å². The van der Waals surface area contributed by atoms with E-state index in [1.807, 2.05) is 44.2 Å². The maximum Gasteiger partial charge on any atom is 0.157 e. The summed E-state index contributed by atoms with van der Waals surface area (Å²) in [4.78, 5) is 24.0. The number of likely N-dealkylation sites (N-methyl/N-ethyl adjacent to an activating group) is 1. The van der Waals surface area contributed by atoms with Gasteiger partial charge in [0, 0.05) is 12.8 Å². The van der Waals surface area contributed by atoms with Gasteiger partial charge in [-0.3, -0.25) is 9.59 Å². The van der Waals surface area contributed by atoms with Crippen LogP contribution in [0.5, 0.6) is 0 Å². The number of Topliss-reactive ketones (excluding diaryl/α,β-unsaturated/α-hetero) is 2. The molecule has 0 aromatic heterocycles. The highest BCUT2D eigenvalue weighted by molar-refractivity contribution is 5.90. The summed E-state index contributed by atoms with van der Waals surface area (Å²) in [5, 5.41) is 3.13. The maximum absolute atomic E-state index is 12.9. The van der Waals surface area contributed by atoms with Crippen molar-refractivity contribution in [1.82, 2.24) is 5.32 Å². The number of carbonyl (C=O) groups is 2. The molecule has 2 aromatic rings. The molecule has 0 radical (unpaired) electrons. The minimum absolute atomic E-state index is 0.138. The summed E-state index contributed by atoms with van der Waals surface area (Å²) in [6.45, 7) is 3.96. The van der Waals surface area contributed by atoms with Crippen LogP contribution in [0.15, 0.2) is 54.6 Å². The smallest absolute Gasteiger partial charge is 0.157 e. The first kappa shape index (κ1) is 24.9. The lowest BCUT2D eigenvalue weighted by Crippen LogP contribution is -2.49. The molecule has 0 spiro atoms. The first-order chi connectivity index (χ1) is 14.8. The molecule has 1 fully saturated rings. The minimum Gasteiger partial charge on any atom is -0.315 e. The number of carbonyl (C=O) groups excluding carboxylic acids is 2. The molecule has 0 saturated heterocycles. The zero-order valence-electron chi connectivity index (χ0n) is 18.9. The van der Waals surface area contributed by atoms with Crippen LogP contribution >= 0.6 is 0 Å². The Kier molecular flexibility index (Phi) is 9.08. The summed E-state index contributed by atoms with van der Waals surface area (Å²) in [6, 6.07) is 15.9. The lowest BCUT2D eigenvalue weighted by atomic mass is 9.75. The van der Waals surface area contributed by atoms with Crippen molar-refractivity contribution in [2.45, 2.75) is 69.9 Å². The number of hydrogen-bond acceptors (Lipinski definition) is 4. The van der Waals surface area contributed by atoms with Crippen LogP contribution < -0.4 is 11.1 Å². The third-order valence-electron chi connectivity index (χ3n) is 6.27. The van der Waals surface area contributed by atoms with E-state index in [4.69, 9.17) is 5.73 Å². The molecule has 1 aliphatic carbocycles. The van der Waals surface area contributed by atoms with E-state index >= 15 is 0 Å². The summed E-state index contributed by atoms with van der Waals surface area (Å²) in [6.07, 6.45) is 5.46. The van der Waals surface area contributed by atoms with Crippen LogP contribution in [-0.2, 0) is 20.7 Å². The van der Waals surface area contributed by atoms with Gasteiger partial charge in [-0.25, -0.2) is 4.39 Å². The van der Waals surface area contributed by atoms with Gasteiger partial charge in [-0.15, -0.1) is 0 Å². The third-order valence-corrected chi connectivity index (χ3v) is 6.27. The fraction of sp³-hybridized carbons (Fsp3) is 0.462. The van der Waals surface area contributed by atoms with Crippen molar-refractivity contribution in [3.63, 3.8) is 0 Å². The highest BCUT2D eigenvalue weighted by atomic mass is 19.1. The Bertz CT molecular complexity index is 853. The second-order valence-electron chi connectivity index (χ2n) is 8.16. The summed E-state index contributed by atoms with van der Waals surface area (Å²) in [7, 11) is 1.80. The molecule has 1 saturated carbocycles. The highest BCUT2D eigenvalue weighted by Crippen LogP contribution is 2.34. The van der Waals surface area contributed by atoms with Gasteiger partial charge in [-0.1, -0.05) is 62.7 Å². The van der Waals surface area contributed by atoms with E-state index < -0.39 is 11.1 Å². The van der Waals surface area contributed by atoms with Crippen molar-refractivity contribution < 1.29 is 14.0 Å². The van der Waals surface area contributed by atoms with Gasteiger partial charge in [-0.2, -0.15) is 0 Å². The van der Waals surface area contributed by atoms with Gasteiger partial charge < -0.3 is 11.1 Å². The molecular formula is C26H35FN2O2. The summed E-state index contributed by atoms with van der Waals surface area (Å²) in [5.74, 6) is 0.0878. The number of rotatable bonds is 7. The van der Waals surface area contributed by atoms with Crippen LogP contribution in [0.4, 0.5) is 4.39 Å². The fourth-order valence-corrected chi connectivity index (χ4v) is 4.22. The van der Waals surface area contributed by atoms with Crippen LogP contribution in [-0.4, -0.2) is 18.6 Å². The van der Waals surface area contributed by atoms with Crippen LogP contribution in [0, 0.1) is 5.82 Å². The Morgan fingerprint density at radius 2 is 1.74 bits per heavy atom. The molecule has 3 rings (SSSR count). The predicted molar refractivity (Wildman–Crippen MR) is 123 cm³/mol. The molecule has 5 heteroatoms. The molecule has 168 valence electrons. The molecular weight excluding hydrogens is 391 g/mol. The van der Waals surface area contributed by atoms with Gasteiger partial charge >= 0.3 is 0 Å². The van der Waals surface area contributed by atoms with E-state index in [9.17, 15) is 14.0 Å². The van der Waals surface area contributed by atoms with Gasteiger partial charge in [0.15, 0.2) is 11.6 Å². The molecule has 2 unspecified atom stereocenters. The van der Waals surface area contributed by atoms with E-state index in [-0.39, 0.29) is 17.4 Å². The molecule has 2 aromatic carbocycles. The molecule has 0 bridgehead atoms. The Balaban J connectivity index is 0.000000221. The number of hydrogen-bond donors (Lipinski definition) is 2. The topological polar surface area (TPSA) is 72.2 Å². The van der Waals surface area contributed by atoms with Gasteiger partial charge in [0.05, 0.1) is 0 Å². The standard InChI is InChI=1S/C13H16FNO.C13H19NO/c1-15-13(9-3-2-4-12(13)16)10-5-7-11(14)8-6-10;1-3-8-12(15)13(14,4-2)11-9-6-5-7-10-11/h5-8,15H,2-4,9H2,1H3;5-7,9-10H,3-4,8,14H2,1-2H3. The monoisotopic (exact) mass is 426 g/mol. The van der Waals surface area contributed by atoms with Gasteiger partial charge in [0.1, 0.15) is 16.9 Å². The SMILES string of the molecule is CCCC(=O)C(N)(CC)c1ccccc1.CNC1(c2ccc(F)cc2)CCCCC1=O. The largest absolute Gasteiger partial charge is 0.315 e. The van der Waals surface area contributed by atoms with Crippen LogP contribution in [0.1, 0.15) is 69.9 Å². The lowest BCUT2D eigenvalue weighted by molar-refractivity contribution is -0.128. The van der Waals surface area contributed by atoms with E-state index in [1.165, 1.54) is 12.1 Å². The maximum atomic E-state index is 12.9. The first-order valence-corrected chi connectivity index (χ1v) is 11.2. The van der Waals surface area contributed by atoms with Crippen LogP contribution in [0.3, 0.4) is 0 Å². The normalized spacial score (nSPS) is 20.4. The number of benzene rings is 2. The van der Waals surface area contributed by atoms with E-state index in [1.54, 1.807) is 19.2 Å². The van der Waals surface area contributed by atoms with E-state index in [0.717, 1.165) is 36.8 Å². The number of nitrogens with two attached hydrogens (primary N) is 1. The Labute approximate surface area is 185 Å². The van der Waals surface area contributed by atoms with Crippen LogP contribution in [0.2, 0.25) is 0 Å². The highest BCUT2D eigenvalue weighted by Gasteiger charge is 2.39. The van der Waals surface area contributed by atoms with E-state index in [0.29, 0.717) is 19.3 Å². The molecule has 1 aliphatic rings. The predicted octanol–water partition coefficient (Wildman–Crippen LogP) is 5.00. The van der Waals surface area contributed by atoms with Crippen molar-refractivity contribution in [3.05, 3.63) is 71.5 Å². The summed E-state index contributed by atoms with van der Waals surface area (Å²) >= 11 is 0. The molecule has 2 atom stereocenters. The molecule has 3 N–H and O–H groups in total. The summed E-state index contributed by atoms with van der Waals surface area (Å²) in [5.41, 5.74) is 6.61. The van der Waals surface area contributed by atoms with Crippen molar-refractivity contribution in [1.29, 1.82) is 0 Å². The Morgan fingerprint density at radius 3 is 2.26 bits per heavy atom. The minimum atomic E-state index is -0.794. The Morgan fingerprint density at radius 1 is 1.10 bits per heavy atom. The molecule has 31 heavy (non-hydrogen) atoms. The fourth-order valence-electron chi connectivity index (χ4n) is 4.22. The summed E-state index contributed by atoms with van der Waals surface area (Å²) < 4.78 is 12.9. The van der Waals surface area contributed by atoms with Crippen molar-refractivity contribution in [2.75, 3.05) is 7.05 Å². The van der Waals surface area contributed by atoms with Crippen LogP contribution in [0.25, 0.3) is 0 Å². The van der Waals surface area contributed by atoms with Crippen molar-refractivity contribution >= 4 is 11.6 Å². The van der Waals surface area contributed by atoms with Gasteiger partial charge in [-0.05, 0) is 56.0 Å². The van der Waals surface area contributed by atoms with Crippen molar-refractivity contribution in [2.24, 2.45) is 5.73 Å². The first-order valence-electron chi connectivity index (χ1n) is 11.2. The van der Waals surface area contributed by atoms with Crippen molar-refractivity contribution in [3.8, 4) is 0 Å². The number of ketones is 2. The van der Waals surface area contributed by atoms with Gasteiger partial charge in [0.25, 0.3) is 0 Å². The third kappa shape index (κ3) is 5.66. The van der Waals surface area contributed by atoms with Gasteiger partial charge in [0.2, 0.25) is 0 Å².